The summed E-state index contributed by atoms with van der Waals surface area (Å²) in [6, 6.07) is 10.4. The monoisotopic (exact) mass is 324 g/mol. The van der Waals surface area contributed by atoms with Crippen LogP contribution in [0.2, 0.25) is 0 Å². The number of rotatable bonds is 5. The van der Waals surface area contributed by atoms with Crippen LogP contribution in [0.4, 0.5) is 0 Å². The number of hydrogen-bond donors (Lipinski definition) is 0. The van der Waals surface area contributed by atoms with E-state index < -0.39 is 0 Å². The molecule has 4 rings (SSSR count). The summed E-state index contributed by atoms with van der Waals surface area (Å²) in [5, 5.41) is 8.36. The Hall–Kier alpha value is -2.54. The van der Waals surface area contributed by atoms with Gasteiger partial charge in [0.2, 0.25) is 11.7 Å². The minimum absolute atomic E-state index is 0.0889. The van der Waals surface area contributed by atoms with E-state index in [1.807, 2.05) is 35.0 Å². The number of hydrogen-bond acceptors (Lipinski definition) is 6. The molecule has 124 valence electrons. The Kier molecular flexibility index (Phi) is 4.08. The maximum absolute atomic E-state index is 5.54. The predicted molar refractivity (Wildman–Crippen MR) is 87.9 cm³/mol. The second kappa shape index (κ2) is 6.52. The third-order valence-electron chi connectivity index (χ3n) is 4.62. The highest BCUT2D eigenvalue weighted by atomic mass is 16.5. The van der Waals surface area contributed by atoms with Gasteiger partial charge in [-0.2, -0.15) is 10.1 Å². The van der Waals surface area contributed by atoms with Gasteiger partial charge in [-0.05, 0) is 26.3 Å². The van der Waals surface area contributed by atoms with E-state index >= 15 is 0 Å². The van der Waals surface area contributed by atoms with E-state index in [9.17, 15) is 0 Å². The van der Waals surface area contributed by atoms with Gasteiger partial charge in [0.25, 0.3) is 0 Å². The third-order valence-corrected chi connectivity index (χ3v) is 4.62. The van der Waals surface area contributed by atoms with Crippen LogP contribution in [0.25, 0.3) is 11.4 Å². The molecule has 0 saturated carbocycles. The fraction of sp³-hybridized carbons (Fsp3) is 0.412. The summed E-state index contributed by atoms with van der Waals surface area (Å²) in [5.41, 5.74) is 0.972. The van der Waals surface area contributed by atoms with E-state index in [2.05, 4.69) is 32.0 Å². The lowest BCUT2D eigenvalue weighted by atomic mass is 10.2. The molecule has 7 heteroatoms. The molecule has 2 aromatic heterocycles. The van der Waals surface area contributed by atoms with E-state index in [1.54, 1.807) is 12.7 Å². The first kappa shape index (κ1) is 15.0. The van der Waals surface area contributed by atoms with E-state index in [0.717, 1.165) is 25.1 Å². The topological polar surface area (TPSA) is 72.9 Å². The number of benzene rings is 1. The third kappa shape index (κ3) is 2.94. The summed E-state index contributed by atoms with van der Waals surface area (Å²) in [5.74, 6) is 1.31. The highest BCUT2D eigenvalue weighted by molar-refractivity contribution is 5.53. The zero-order valence-corrected chi connectivity index (χ0v) is 13.6. The summed E-state index contributed by atoms with van der Waals surface area (Å²) >= 11 is 0. The van der Waals surface area contributed by atoms with E-state index in [0.29, 0.717) is 17.8 Å². The Morgan fingerprint density at radius 3 is 2.96 bits per heavy atom. The Morgan fingerprint density at radius 1 is 1.29 bits per heavy atom. The zero-order chi connectivity index (χ0) is 16.4. The van der Waals surface area contributed by atoms with E-state index in [-0.39, 0.29) is 6.04 Å². The molecule has 0 bridgehead atoms. The normalized spacial score (nSPS) is 19.6. The standard InChI is InChI=1S/C17H20N6O/c1-13(17-20-16(21-24-17)14-6-3-2-4-7-14)23-9-5-8-15(23)10-22-12-18-11-19-22/h2-4,6-7,11-13,15H,5,8-10H2,1H3/t13-,15-/m1/s1. The minimum Gasteiger partial charge on any atom is -0.337 e. The summed E-state index contributed by atoms with van der Waals surface area (Å²) in [6.45, 7) is 4.00. The van der Waals surface area contributed by atoms with Crippen LogP contribution in [0.5, 0.6) is 0 Å². The lowest BCUT2D eigenvalue weighted by Crippen LogP contribution is -2.35. The largest absolute Gasteiger partial charge is 0.337 e. The second-order valence-electron chi connectivity index (χ2n) is 6.15. The van der Waals surface area contributed by atoms with Crippen molar-refractivity contribution in [2.75, 3.05) is 6.54 Å². The van der Waals surface area contributed by atoms with Gasteiger partial charge in [-0.1, -0.05) is 35.5 Å². The van der Waals surface area contributed by atoms with E-state index in [1.165, 1.54) is 6.42 Å². The SMILES string of the molecule is C[C@H](c1nc(-c2ccccc2)no1)N1CCC[C@@H]1Cn1cncn1. The first-order chi connectivity index (χ1) is 11.8. The first-order valence-electron chi connectivity index (χ1n) is 8.28. The fourth-order valence-electron chi connectivity index (χ4n) is 3.36. The van der Waals surface area contributed by atoms with Crippen LogP contribution in [-0.4, -0.2) is 42.4 Å². The summed E-state index contributed by atoms with van der Waals surface area (Å²) in [7, 11) is 0. The van der Waals surface area contributed by atoms with Gasteiger partial charge in [0.05, 0.1) is 12.6 Å². The summed E-state index contributed by atoms with van der Waals surface area (Å²) < 4.78 is 7.43. The van der Waals surface area contributed by atoms with Gasteiger partial charge in [0, 0.05) is 11.6 Å². The lowest BCUT2D eigenvalue weighted by molar-refractivity contribution is 0.144. The molecule has 24 heavy (non-hydrogen) atoms. The van der Waals surface area contributed by atoms with Crippen LogP contribution in [0.1, 0.15) is 31.7 Å². The molecule has 1 saturated heterocycles. The van der Waals surface area contributed by atoms with Crippen LogP contribution < -0.4 is 0 Å². The molecule has 0 amide bonds. The molecular formula is C17H20N6O. The quantitative estimate of drug-likeness (QED) is 0.718. The van der Waals surface area contributed by atoms with E-state index in [4.69, 9.17) is 4.52 Å². The smallest absolute Gasteiger partial charge is 0.244 e. The number of likely N-dealkylation sites (tertiary alicyclic amines) is 1. The molecule has 0 unspecified atom stereocenters. The highest BCUT2D eigenvalue weighted by Crippen LogP contribution is 2.30. The molecule has 1 fully saturated rings. The van der Waals surface area contributed by atoms with Crippen molar-refractivity contribution in [2.24, 2.45) is 0 Å². The number of aromatic nitrogens is 5. The zero-order valence-electron chi connectivity index (χ0n) is 13.6. The van der Waals surface area contributed by atoms with Crippen molar-refractivity contribution in [2.45, 2.75) is 38.4 Å². The van der Waals surface area contributed by atoms with Crippen LogP contribution in [0.15, 0.2) is 47.5 Å². The summed E-state index contributed by atoms with van der Waals surface area (Å²) in [6.07, 6.45) is 5.65. The molecule has 7 nitrogen and oxygen atoms in total. The Labute approximate surface area is 140 Å². The van der Waals surface area contributed by atoms with Crippen LogP contribution in [-0.2, 0) is 6.54 Å². The van der Waals surface area contributed by atoms with Crippen molar-refractivity contribution in [3.8, 4) is 11.4 Å². The van der Waals surface area contributed by atoms with Gasteiger partial charge in [-0.15, -0.1) is 0 Å². The van der Waals surface area contributed by atoms with Crippen molar-refractivity contribution in [1.29, 1.82) is 0 Å². The molecular weight excluding hydrogens is 304 g/mol. The maximum atomic E-state index is 5.54. The van der Waals surface area contributed by atoms with Gasteiger partial charge >= 0.3 is 0 Å². The molecule has 0 radical (unpaired) electrons. The predicted octanol–water partition coefficient (Wildman–Crippen LogP) is 2.55. The average molecular weight is 324 g/mol. The van der Waals surface area contributed by atoms with Gasteiger partial charge in [-0.3, -0.25) is 9.58 Å². The maximum Gasteiger partial charge on any atom is 0.244 e. The minimum atomic E-state index is 0.0889. The lowest BCUT2D eigenvalue weighted by Gasteiger charge is -2.28. The fourth-order valence-corrected chi connectivity index (χ4v) is 3.36. The van der Waals surface area contributed by atoms with Crippen molar-refractivity contribution in [3.63, 3.8) is 0 Å². The van der Waals surface area contributed by atoms with Gasteiger partial charge in [0.15, 0.2) is 0 Å². The molecule has 0 aliphatic carbocycles. The van der Waals surface area contributed by atoms with Crippen molar-refractivity contribution >= 4 is 0 Å². The molecule has 3 aromatic rings. The molecule has 1 aliphatic rings. The molecule has 1 aromatic carbocycles. The molecule has 0 spiro atoms. The molecule has 2 atom stereocenters. The van der Waals surface area contributed by atoms with Gasteiger partial charge in [-0.25, -0.2) is 4.98 Å². The summed E-state index contributed by atoms with van der Waals surface area (Å²) in [4.78, 5) is 11.0. The molecule has 1 aliphatic heterocycles. The Balaban J connectivity index is 1.50. The van der Waals surface area contributed by atoms with Crippen molar-refractivity contribution in [1.82, 2.24) is 29.8 Å². The molecule has 3 heterocycles. The average Bonchev–Trinajstić information content (AvgIpc) is 3.37. The Morgan fingerprint density at radius 2 is 2.17 bits per heavy atom. The number of nitrogens with zero attached hydrogens (tertiary/aromatic N) is 6. The molecule has 0 N–H and O–H groups in total. The Bertz CT molecular complexity index is 770. The highest BCUT2D eigenvalue weighted by Gasteiger charge is 2.32. The van der Waals surface area contributed by atoms with Crippen molar-refractivity contribution < 1.29 is 4.52 Å². The first-order valence-corrected chi connectivity index (χ1v) is 8.28. The van der Waals surface area contributed by atoms with Gasteiger partial charge in [0.1, 0.15) is 12.7 Å². The van der Waals surface area contributed by atoms with Crippen LogP contribution in [0.3, 0.4) is 0 Å². The second-order valence-corrected chi connectivity index (χ2v) is 6.15. The van der Waals surface area contributed by atoms with Crippen LogP contribution >= 0.6 is 0 Å². The van der Waals surface area contributed by atoms with Gasteiger partial charge < -0.3 is 4.52 Å². The van der Waals surface area contributed by atoms with Crippen molar-refractivity contribution in [3.05, 3.63) is 48.9 Å². The van der Waals surface area contributed by atoms with Crippen LogP contribution in [0, 0.1) is 0 Å².